The summed E-state index contributed by atoms with van der Waals surface area (Å²) in [6.45, 7) is 5.69. The standard InChI is InChI=1S/C13H18Cl2FN/c1-13(2,6-7-14)9-17-8-10-4-3-5-11(16)12(10)15/h3-5,17H,6-9H2,1-2H3. The van der Waals surface area contributed by atoms with Crippen molar-refractivity contribution in [1.29, 1.82) is 0 Å². The highest BCUT2D eigenvalue weighted by molar-refractivity contribution is 6.31. The van der Waals surface area contributed by atoms with Crippen molar-refractivity contribution in [2.24, 2.45) is 5.41 Å². The average Bonchev–Trinajstić information content (AvgIpc) is 2.24. The second-order valence-corrected chi connectivity index (χ2v) is 5.68. The maximum Gasteiger partial charge on any atom is 0.142 e. The van der Waals surface area contributed by atoms with Crippen molar-refractivity contribution in [2.75, 3.05) is 12.4 Å². The van der Waals surface area contributed by atoms with E-state index in [0.717, 1.165) is 18.5 Å². The van der Waals surface area contributed by atoms with Crippen molar-refractivity contribution >= 4 is 23.2 Å². The highest BCUT2D eigenvalue weighted by Crippen LogP contribution is 2.22. The van der Waals surface area contributed by atoms with Crippen LogP contribution in [0.15, 0.2) is 18.2 Å². The molecule has 1 rings (SSSR count). The van der Waals surface area contributed by atoms with Gasteiger partial charge in [-0.2, -0.15) is 0 Å². The molecule has 0 aromatic heterocycles. The van der Waals surface area contributed by atoms with Crippen LogP contribution in [0.25, 0.3) is 0 Å². The fourth-order valence-corrected chi connectivity index (χ4v) is 2.27. The molecular weight excluding hydrogens is 260 g/mol. The number of nitrogens with one attached hydrogen (secondary N) is 1. The van der Waals surface area contributed by atoms with Crippen molar-refractivity contribution in [3.8, 4) is 0 Å². The van der Waals surface area contributed by atoms with Gasteiger partial charge in [-0.15, -0.1) is 11.6 Å². The Kier molecular flexibility index (Phi) is 5.71. The molecule has 1 aromatic rings. The predicted molar refractivity (Wildman–Crippen MR) is 72.2 cm³/mol. The molecule has 0 saturated heterocycles. The second-order valence-electron chi connectivity index (χ2n) is 4.92. The Hall–Kier alpha value is -0.310. The normalized spacial score (nSPS) is 11.8. The number of rotatable bonds is 6. The Bertz CT molecular complexity index is 366. The first-order valence-electron chi connectivity index (χ1n) is 5.66. The van der Waals surface area contributed by atoms with Gasteiger partial charge in [0.2, 0.25) is 0 Å². The van der Waals surface area contributed by atoms with Crippen LogP contribution in [0, 0.1) is 11.2 Å². The molecule has 0 aliphatic heterocycles. The molecule has 0 amide bonds. The molecule has 0 atom stereocenters. The van der Waals surface area contributed by atoms with Gasteiger partial charge in [0.1, 0.15) is 5.82 Å². The monoisotopic (exact) mass is 277 g/mol. The predicted octanol–water partition coefficient (Wildman–Crippen LogP) is 4.22. The highest BCUT2D eigenvalue weighted by atomic mass is 35.5. The summed E-state index contributed by atoms with van der Waals surface area (Å²) < 4.78 is 13.2. The van der Waals surface area contributed by atoms with E-state index < -0.39 is 0 Å². The van der Waals surface area contributed by atoms with Gasteiger partial charge in [-0.25, -0.2) is 4.39 Å². The Morgan fingerprint density at radius 1 is 1.35 bits per heavy atom. The quantitative estimate of drug-likeness (QED) is 0.768. The molecule has 17 heavy (non-hydrogen) atoms. The lowest BCUT2D eigenvalue weighted by molar-refractivity contribution is 0.329. The zero-order chi connectivity index (χ0) is 12.9. The summed E-state index contributed by atoms with van der Waals surface area (Å²) in [4.78, 5) is 0. The van der Waals surface area contributed by atoms with Crippen LogP contribution in [0.1, 0.15) is 25.8 Å². The van der Waals surface area contributed by atoms with Gasteiger partial charge < -0.3 is 5.32 Å². The van der Waals surface area contributed by atoms with Crippen LogP contribution in [0.3, 0.4) is 0 Å². The van der Waals surface area contributed by atoms with Crippen molar-refractivity contribution < 1.29 is 4.39 Å². The maximum atomic E-state index is 13.2. The van der Waals surface area contributed by atoms with E-state index in [-0.39, 0.29) is 16.3 Å². The minimum absolute atomic E-state index is 0.140. The summed E-state index contributed by atoms with van der Waals surface area (Å²) in [5.41, 5.74) is 0.926. The zero-order valence-electron chi connectivity index (χ0n) is 10.2. The summed E-state index contributed by atoms with van der Waals surface area (Å²) in [6.07, 6.45) is 0.943. The SMILES string of the molecule is CC(C)(CCCl)CNCc1cccc(F)c1Cl. The first kappa shape index (κ1) is 14.7. The molecule has 1 N–H and O–H groups in total. The molecule has 1 aromatic carbocycles. The lowest BCUT2D eigenvalue weighted by Crippen LogP contribution is -2.29. The van der Waals surface area contributed by atoms with E-state index in [4.69, 9.17) is 23.2 Å². The van der Waals surface area contributed by atoms with E-state index >= 15 is 0 Å². The smallest absolute Gasteiger partial charge is 0.142 e. The molecular formula is C13H18Cl2FN. The fraction of sp³-hybridized carbons (Fsp3) is 0.538. The summed E-state index contributed by atoms with van der Waals surface area (Å²) in [7, 11) is 0. The third kappa shape index (κ3) is 4.82. The molecule has 0 aliphatic rings. The van der Waals surface area contributed by atoms with Gasteiger partial charge in [-0.3, -0.25) is 0 Å². The summed E-state index contributed by atoms with van der Waals surface area (Å²) in [5.74, 6) is 0.279. The molecule has 0 spiro atoms. The van der Waals surface area contributed by atoms with E-state index in [9.17, 15) is 4.39 Å². The lowest BCUT2D eigenvalue weighted by atomic mass is 9.90. The molecule has 0 unspecified atom stereocenters. The zero-order valence-corrected chi connectivity index (χ0v) is 11.7. The van der Waals surface area contributed by atoms with Crippen LogP contribution in [0.5, 0.6) is 0 Å². The summed E-state index contributed by atoms with van der Waals surface area (Å²) in [5, 5.41) is 3.49. The van der Waals surface area contributed by atoms with Crippen LogP contribution in [0.4, 0.5) is 4.39 Å². The third-order valence-corrected chi connectivity index (χ3v) is 3.33. The number of halogens is 3. The first-order chi connectivity index (χ1) is 7.96. The number of hydrogen-bond acceptors (Lipinski definition) is 1. The molecule has 0 fully saturated rings. The molecule has 0 aliphatic carbocycles. The van der Waals surface area contributed by atoms with Gasteiger partial charge in [-0.05, 0) is 23.5 Å². The topological polar surface area (TPSA) is 12.0 Å². The summed E-state index contributed by atoms with van der Waals surface area (Å²) in [6, 6.07) is 4.86. The van der Waals surface area contributed by atoms with Gasteiger partial charge in [0.15, 0.2) is 0 Å². The highest BCUT2D eigenvalue weighted by Gasteiger charge is 2.16. The van der Waals surface area contributed by atoms with E-state index in [1.165, 1.54) is 6.07 Å². The average molecular weight is 278 g/mol. The molecule has 0 bridgehead atoms. The maximum absolute atomic E-state index is 13.2. The fourth-order valence-electron chi connectivity index (χ4n) is 1.56. The van der Waals surface area contributed by atoms with Crippen molar-refractivity contribution in [1.82, 2.24) is 5.32 Å². The van der Waals surface area contributed by atoms with Gasteiger partial charge in [0.05, 0.1) is 5.02 Å². The Morgan fingerprint density at radius 2 is 2.06 bits per heavy atom. The van der Waals surface area contributed by atoms with E-state index in [1.54, 1.807) is 6.07 Å². The Balaban J connectivity index is 2.49. The van der Waals surface area contributed by atoms with Crippen LogP contribution < -0.4 is 5.32 Å². The first-order valence-corrected chi connectivity index (χ1v) is 6.57. The summed E-state index contributed by atoms with van der Waals surface area (Å²) >= 11 is 11.6. The molecule has 0 radical (unpaired) electrons. The van der Waals surface area contributed by atoms with Crippen molar-refractivity contribution in [3.63, 3.8) is 0 Å². The number of benzene rings is 1. The van der Waals surface area contributed by atoms with Crippen molar-refractivity contribution in [3.05, 3.63) is 34.6 Å². The van der Waals surface area contributed by atoms with Crippen LogP contribution in [-0.2, 0) is 6.54 Å². The molecule has 0 heterocycles. The largest absolute Gasteiger partial charge is 0.312 e. The van der Waals surface area contributed by atoms with E-state index in [2.05, 4.69) is 19.2 Å². The van der Waals surface area contributed by atoms with Crippen LogP contribution in [0.2, 0.25) is 5.02 Å². The molecule has 4 heteroatoms. The van der Waals surface area contributed by atoms with Gasteiger partial charge in [0.25, 0.3) is 0 Å². The molecule has 0 saturated carbocycles. The van der Waals surface area contributed by atoms with Gasteiger partial charge in [-0.1, -0.05) is 37.6 Å². The van der Waals surface area contributed by atoms with E-state index in [1.807, 2.05) is 6.07 Å². The number of alkyl halides is 1. The van der Waals surface area contributed by atoms with Gasteiger partial charge in [0, 0.05) is 19.0 Å². The van der Waals surface area contributed by atoms with Gasteiger partial charge >= 0.3 is 0 Å². The molecule has 1 nitrogen and oxygen atoms in total. The lowest BCUT2D eigenvalue weighted by Gasteiger charge is -2.24. The van der Waals surface area contributed by atoms with Crippen LogP contribution >= 0.6 is 23.2 Å². The second kappa shape index (κ2) is 6.58. The minimum atomic E-state index is -0.369. The third-order valence-electron chi connectivity index (χ3n) is 2.72. The van der Waals surface area contributed by atoms with Crippen LogP contribution in [-0.4, -0.2) is 12.4 Å². The minimum Gasteiger partial charge on any atom is -0.312 e. The Labute approximate surface area is 112 Å². The van der Waals surface area contributed by atoms with E-state index in [0.29, 0.717) is 12.4 Å². The Morgan fingerprint density at radius 3 is 2.71 bits per heavy atom. The van der Waals surface area contributed by atoms with Crippen molar-refractivity contribution in [2.45, 2.75) is 26.8 Å². The number of hydrogen-bond donors (Lipinski definition) is 1. The molecule has 96 valence electrons.